The van der Waals surface area contributed by atoms with Gasteiger partial charge in [0, 0.05) is 0 Å². The van der Waals surface area contributed by atoms with Crippen molar-refractivity contribution in [1.29, 1.82) is 0 Å². The first-order valence-corrected chi connectivity index (χ1v) is 6.06. The van der Waals surface area contributed by atoms with Crippen LogP contribution in [0.2, 0.25) is 0 Å². The summed E-state index contributed by atoms with van der Waals surface area (Å²) in [6.07, 6.45) is 1.05. The van der Waals surface area contributed by atoms with Crippen LogP contribution in [0.3, 0.4) is 0 Å². The van der Waals surface area contributed by atoms with Crippen LogP contribution in [0.1, 0.15) is 23.6 Å². The molecule has 88 valence electrons. The van der Waals surface area contributed by atoms with Gasteiger partial charge in [0.2, 0.25) is 0 Å². The van der Waals surface area contributed by atoms with Gasteiger partial charge in [0.15, 0.2) is 0 Å². The lowest BCUT2D eigenvalue weighted by atomic mass is 10.1. The van der Waals surface area contributed by atoms with Crippen LogP contribution < -0.4 is 4.74 Å². The summed E-state index contributed by atoms with van der Waals surface area (Å²) in [6.45, 7) is 4.93. The average molecular weight is 226 g/mol. The van der Waals surface area contributed by atoms with E-state index in [1.165, 1.54) is 16.7 Å². The molecule has 2 aromatic rings. The van der Waals surface area contributed by atoms with Crippen LogP contribution in [0, 0.1) is 6.92 Å². The highest BCUT2D eigenvalue weighted by molar-refractivity contribution is 5.39. The molecule has 0 radical (unpaired) electrons. The van der Waals surface area contributed by atoms with E-state index < -0.39 is 0 Å². The van der Waals surface area contributed by atoms with Crippen LogP contribution in [0.4, 0.5) is 0 Å². The van der Waals surface area contributed by atoms with E-state index in [1.807, 2.05) is 24.3 Å². The molecule has 0 aliphatic carbocycles. The zero-order chi connectivity index (χ0) is 12.1. The molecule has 0 atom stereocenters. The Morgan fingerprint density at radius 2 is 1.71 bits per heavy atom. The summed E-state index contributed by atoms with van der Waals surface area (Å²) in [7, 11) is 0. The Hall–Kier alpha value is -1.76. The second-order valence-electron chi connectivity index (χ2n) is 4.17. The summed E-state index contributed by atoms with van der Waals surface area (Å²) < 4.78 is 5.87. The smallest absolute Gasteiger partial charge is 0.122 e. The molecule has 0 unspecified atom stereocenters. The van der Waals surface area contributed by atoms with Crippen LogP contribution in [0.25, 0.3) is 0 Å². The lowest BCUT2D eigenvalue weighted by Gasteiger charge is -2.11. The van der Waals surface area contributed by atoms with Crippen molar-refractivity contribution in [2.45, 2.75) is 26.9 Å². The van der Waals surface area contributed by atoms with E-state index in [1.54, 1.807) is 0 Å². The Morgan fingerprint density at radius 3 is 2.41 bits per heavy atom. The van der Waals surface area contributed by atoms with Gasteiger partial charge in [0.25, 0.3) is 0 Å². The van der Waals surface area contributed by atoms with Crippen LogP contribution in [-0.2, 0) is 13.0 Å². The summed E-state index contributed by atoms with van der Waals surface area (Å²) in [6, 6.07) is 16.5. The fourth-order valence-corrected chi connectivity index (χ4v) is 1.93. The minimum absolute atomic E-state index is 0.634. The zero-order valence-electron chi connectivity index (χ0n) is 10.4. The Kier molecular flexibility index (Phi) is 3.81. The second-order valence-corrected chi connectivity index (χ2v) is 4.17. The summed E-state index contributed by atoms with van der Waals surface area (Å²) in [5.74, 6) is 0.994. The van der Waals surface area contributed by atoms with Crippen molar-refractivity contribution >= 4 is 0 Å². The predicted molar refractivity (Wildman–Crippen MR) is 71.3 cm³/mol. The van der Waals surface area contributed by atoms with E-state index in [4.69, 9.17) is 4.74 Å². The van der Waals surface area contributed by atoms with Crippen molar-refractivity contribution in [2.75, 3.05) is 0 Å². The summed E-state index contributed by atoms with van der Waals surface area (Å²) >= 11 is 0. The summed E-state index contributed by atoms with van der Waals surface area (Å²) in [4.78, 5) is 0. The molecule has 2 aromatic carbocycles. The highest BCUT2D eigenvalue weighted by Gasteiger charge is 2.03. The fourth-order valence-electron chi connectivity index (χ4n) is 1.93. The van der Waals surface area contributed by atoms with E-state index in [-0.39, 0.29) is 0 Å². The highest BCUT2D eigenvalue weighted by atomic mass is 16.5. The summed E-state index contributed by atoms with van der Waals surface area (Å²) in [5.41, 5.74) is 3.82. The molecule has 0 saturated heterocycles. The van der Waals surface area contributed by atoms with Gasteiger partial charge >= 0.3 is 0 Å². The maximum Gasteiger partial charge on any atom is 0.122 e. The van der Waals surface area contributed by atoms with Gasteiger partial charge in [-0.2, -0.15) is 0 Å². The van der Waals surface area contributed by atoms with Gasteiger partial charge in [-0.05, 0) is 36.1 Å². The third-order valence-electron chi connectivity index (χ3n) is 3.01. The third-order valence-corrected chi connectivity index (χ3v) is 3.01. The van der Waals surface area contributed by atoms with Crippen molar-refractivity contribution in [3.63, 3.8) is 0 Å². The highest BCUT2D eigenvalue weighted by Crippen LogP contribution is 2.22. The molecule has 17 heavy (non-hydrogen) atoms. The monoisotopic (exact) mass is 226 g/mol. The molecular weight excluding hydrogens is 208 g/mol. The molecule has 0 saturated carbocycles. The molecule has 0 aliphatic rings. The van der Waals surface area contributed by atoms with E-state index in [2.05, 4.69) is 38.1 Å². The fraction of sp³-hybridized carbons (Fsp3) is 0.250. The molecule has 1 heteroatoms. The SMILES string of the molecule is CCc1cccc(OCc2ccccc2)c1C. The van der Waals surface area contributed by atoms with Crippen LogP contribution in [0.15, 0.2) is 48.5 Å². The normalized spacial score (nSPS) is 10.2. The number of ether oxygens (including phenoxy) is 1. The Morgan fingerprint density at radius 1 is 0.941 bits per heavy atom. The van der Waals surface area contributed by atoms with Crippen molar-refractivity contribution in [3.8, 4) is 5.75 Å². The molecule has 0 N–H and O–H groups in total. The van der Waals surface area contributed by atoms with Gasteiger partial charge in [0.1, 0.15) is 12.4 Å². The third kappa shape index (κ3) is 2.88. The Bertz CT molecular complexity index is 474. The van der Waals surface area contributed by atoms with Gasteiger partial charge in [-0.25, -0.2) is 0 Å². The van der Waals surface area contributed by atoms with E-state index >= 15 is 0 Å². The number of hydrogen-bond acceptors (Lipinski definition) is 1. The first kappa shape index (κ1) is 11.7. The minimum Gasteiger partial charge on any atom is -0.489 e. The van der Waals surface area contributed by atoms with Gasteiger partial charge < -0.3 is 4.74 Å². The molecule has 0 aliphatic heterocycles. The standard InChI is InChI=1S/C16H18O/c1-3-15-10-7-11-16(13(15)2)17-12-14-8-5-4-6-9-14/h4-11H,3,12H2,1-2H3. The number of hydrogen-bond donors (Lipinski definition) is 0. The van der Waals surface area contributed by atoms with E-state index in [0.717, 1.165) is 12.2 Å². The topological polar surface area (TPSA) is 9.23 Å². The molecule has 0 fully saturated rings. The van der Waals surface area contributed by atoms with Crippen LogP contribution >= 0.6 is 0 Å². The number of rotatable bonds is 4. The maximum atomic E-state index is 5.87. The van der Waals surface area contributed by atoms with Crippen molar-refractivity contribution in [1.82, 2.24) is 0 Å². The van der Waals surface area contributed by atoms with Crippen molar-refractivity contribution in [2.24, 2.45) is 0 Å². The van der Waals surface area contributed by atoms with Gasteiger partial charge in [-0.15, -0.1) is 0 Å². The molecule has 0 spiro atoms. The quantitative estimate of drug-likeness (QED) is 0.761. The Balaban J connectivity index is 2.09. The minimum atomic E-state index is 0.634. The van der Waals surface area contributed by atoms with Crippen molar-refractivity contribution < 1.29 is 4.74 Å². The zero-order valence-corrected chi connectivity index (χ0v) is 10.4. The summed E-state index contributed by atoms with van der Waals surface area (Å²) in [5, 5.41) is 0. The largest absolute Gasteiger partial charge is 0.489 e. The number of benzene rings is 2. The lowest BCUT2D eigenvalue weighted by Crippen LogP contribution is -1.98. The number of aryl methyl sites for hydroxylation is 1. The predicted octanol–water partition coefficient (Wildman–Crippen LogP) is 4.14. The first-order chi connectivity index (χ1) is 8.31. The lowest BCUT2D eigenvalue weighted by molar-refractivity contribution is 0.304. The second kappa shape index (κ2) is 5.53. The van der Waals surface area contributed by atoms with Crippen molar-refractivity contribution in [3.05, 3.63) is 65.2 Å². The molecule has 0 aromatic heterocycles. The van der Waals surface area contributed by atoms with Gasteiger partial charge in [0.05, 0.1) is 0 Å². The molecule has 0 heterocycles. The molecular formula is C16H18O. The maximum absolute atomic E-state index is 5.87. The average Bonchev–Trinajstić information content (AvgIpc) is 2.39. The van der Waals surface area contributed by atoms with E-state index in [0.29, 0.717) is 6.61 Å². The first-order valence-electron chi connectivity index (χ1n) is 6.06. The molecule has 0 bridgehead atoms. The van der Waals surface area contributed by atoms with Gasteiger partial charge in [-0.3, -0.25) is 0 Å². The molecule has 1 nitrogen and oxygen atoms in total. The van der Waals surface area contributed by atoms with Crippen LogP contribution in [0.5, 0.6) is 5.75 Å². The Labute approximate surface area is 103 Å². The van der Waals surface area contributed by atoms with Gasteiger partial charge in [-0.1, -0.05) is 49.4 Å². The van der Waals surface area contributed by atoms with E-state index in [9.17, 15) is 0 Å². The van der Waals surface area contributed by atoms with Crippen LogP contribution in [-0.4, -0.2) is 0 Å². The molecule has 0 amide bonds. The molecule has 2 rings (SSSR count).